The third kappa shape index (κ3) is 28.1. The lowest BCUT2D eigenvalue weighted by atomic mass is 10.0. The number of nitrogen functional groups attached to an aromatic ring is 1. The molecule has 6 N–H and O–H groups in total. The van der Waals surface area contributed by atoms with Gasteiger partial charge in [-0.1, -0.05) is 154 Å². The standard InChI is InChI=1S/C46H83N3O15P2/c1-3-5-7-9-11-13-15-17-18-20-22-24-26-28-30-32-42(51)62-38(35-59-41(50)31-29-27-25-23-21-19-16-14-12-10-8-6-4-2)36-60-65(55,56)64-66(57,58)61-37-39-43(52)44(53)45(63-39)49-34-33-40(47)48-46(49)54/h17-18,33-34,38-39,43-45,52-53H,3-16,19-32,35-37H2,1-2H3,(H,55,56)(H,57,58)(H2,47,48,54)/b18-17-/t38-,39-,43+,44?,45-/m1/s1. The van der Waals surface area contributed by atoms with Crippen LogP contribution >= 0.6 is 15.6 Å². The molecule has 1 aliphatic rings. The van der Waals surface area contributed by atoms with Gasteiger partial charge in [0.2, 0.25) is 0 Å². The summed E-state index contributed by atoms with van der Waals surface area (Å²) in [5.41, 5.74) is 4.59. The molecule has 382 valence electrons. The molecule has 0 radical (unpaired) electrons. The molecule has 1 fully saturated rings. The Morgan fingerprint density at radius 3 is 1.70 bits per heavy atom. The van der Waals surface area contributed by atoms with Crippen LogP contribution in [0.15, 0.2) is 29.2 Å². The molecule has 0 saturated carbocycles. The Morgan fingerprint density at radius 1 is 0.712 bits per heavy atom. The molecule has 0 amide bonds. The fourth-order valence-electron chi connectivity index (χ4n) is 7.48. The highest BCUT2D eigenvalue weighted by atomic mass is 31.3. The number of hydrogen-bond acceptors (Lipinski definition) is 15. The number of allylic oxidation sites excluding steroid dienone is 2. The van der Waals surface area contributed by atoms with Gasteiger partial charge in [0.25, 0.3) is 0 Å². The lowest BCUT2D eigenvalue weighted by Crippen LogP contribution is -2.36. The van der Waals surface area contributed by atoms with Crippen LogP contribution in [0.4, 0.5) is 5.82 Å². The molecule has 0 spiro atoms. The van der Waals surface area contributed by atoms with Crippen LogP contribution in [0.1, 0.15) is 200 Å². The van der Waals surface area contributed by atoms with E-state index in [0.717, 1.165) is 68.8 Å². The number of aliphatic hydroxyl groups excluding tert-OH is 2. The van der Waals surface area contributed by atoms with Crippen molar-refractivity contribution in [1.29, 1.82) is 0 Å². The number of phosphoric acid groups is 2. The van der Waals surface area contributed by atoms with Gasteiger partial charge in [0.05, 0.1) is 13.2 Å². The van der Waals surface area contributed by atoms with Crippen molar-refractivity contribution in [2.45, 2.75) is 224 Å². The molecule has 20 heteroatoms. The molecule has 7 atom stereocenters. The summed E-state index contributed by atoms with van der Waals surface area (Å²) in [5, 5.41) is 20.9. The minimum atomic E-state index is -5.42. The number of aliphatic hydroxyl groups is 2. The second kappa shape index (κ2) is 35.6. The number of hydrogen-bond donors (Lipinski definition) is 5. The zero-order valence-electron chi connectivity index (χ0n) is 39.8. The lowest BCUT2D eigenvalue weighted by Gasteiger charge is -2.21. The van der Waals surface area contributed by atoms with E-state index in [9.17, 15) is 43.5 Å². The van der Waals surface area contributed by atoms with E-state index in [1.54, 1.807) is 0 Å². The van der Waals surface area contributed by atoms with Gasteiger partial charge in [0, 0.05) is 19.0 Å². The quantitative estimate of drug-likeness (QED) is 0.0177. The number of anilines is 1. The number of carbonyl (C=O) groups is 2. The van der Waals surface area contributed by atoms with E-state index >= 15 is 0 Å². The Labute approximate surface area is 392 Å². The zero-order valence-corrected chi connectivity index (χ0v) is 41.6. The summed E-state index contributed by atoms with van der Waals surface area (Å²) in [7, 11) is -10.8. The fourth-order valence-corrected chi connectivity index (χ4v) is 9.60. The van der Waals surface area contributed by atoms with Crippen molar-refractivity contribution in [3.05, 3.63) is 34.9 Å². The highest BCUT2D eigenvalue weighted by molar-refractivity contribution is 7.61. The van der Waals surface area contributed by atoms with Crippen molar-refractivity contribution in [1.82, 2.24) is 9.55 Å². The van der Waals surface area contributed by atoms with E-state index in [1.807, 2.05) is 0 Å². The maximum absolute atomic E-state index is 12.8. The van der Waals surface area contributed by atoms with E-state index in [1.165, 1.54) is 102 Å². The number of nitrogens with two attached hydrogens (primary N) is 1. The van der Waals surface area contributed by atoms with Crippen LogP contribution in [0.2, 0.25) is 0 Å². The molecule has 1 aromatic rings. The third-order valence-corrected chi connectivity index (χ3v) is 14.0. The molecule has 2 rings (SSSR count). The van der Waals surface area contributed by atoms with Crippen LogP contribution in [0, 0.1) is 0 Å². The number of ether oxygens (including phenoxy) is 3. The molecule has 0 bridgehead atoms. The summed E-state index contributed by atoms with van der Waals surface area (Å²) < 4.78 is 56.7. The average molecular weight is 980 g/mol. The van der Waals surface area contributed by atoms with Gasteiger partial charge in [0.15, 0.2) is 12.3 Å². The first-order valence-electron chi connectivity index (χ1n) is 24.7. The molecule has 66 heavy (non-hydrogen) atoms. The molecule has 1 aromatic heterocycles. The summed E-state index contributed by atoms with van der Waals surface area (Å²) >= 11 is 0. The second-order valence-corrected chi connectivity index (χ2v) is 20.4. The minimum Gasteiger partial charge on any atom is -0.462 e. The van der Waals surface area contributed by atoms with Gasteiger partial charge < -0.3 is 39.9 Å². The van der Waals surface area contributed by atoms with Gasteiger partial charge in [0.1, 0.15) is 30.7 Å². The first-order chi connectivity index (χ1) is 31.7. The van der Waals surface area contributed by atoms with Crippen molar-refractivity contribution >= 4 is 33.4 Å². The zero-order chi connectivity index (χ0) is 48.5. The molecule has 0 aromatic carbocycles. The van der Waals surface area contributed by atoms with Gasteiger partial charge in [-0.05, 0) is 44.6 Å². The lowest BCUT2D eigenvalue weighted by molar-refractivity contribution is -0.161. The van der Waals surface area contributed by atoms with Crippen LogP contribution in [-0.2, 0) is 46.3 Å². The number of nitrogens with zero attached hydrogens (tertiary/aromatic N) is 2. The van der Waals surface area contributed by atoms with Gasteiger partial charge in [-0.25, -0.2) is 13.9 Å². The monoisotopic (exact) mass is 980 g/mol. The Balaban J connectivity index is 1.81. The average Bonchev–Trinajstić information content (AvgIpc) is 3.55. The Hall–Kier alpha value is -2.50. The van der Waals surface area contributed by atoms with E-state index in [0.29, 0.717) is 12.8 Å². The second-order valence-electron chi connectivity index (χ2n) is 17.3. The molecule has 0 aliphatic carbocycles. The van der Waals surface area contributed by atoms with E-state index in [4.69, 9.17) is 29.0 Å². The molecule has 1 aliphatic heterocycles. The van der Waals surface area contributed by atoms with Gasteiger partial charge in [-0.15, -0.1) is 0 Å². The van der Waals surface area contributed by atoms with Gasteiger partial charge >= 0.3 is 33.3 Å². The Morgan fingerprint density at radius 2 is 1.18 bits per heavy atom. The third-order valence-electron chi connectivity index (χ3n) is 11.4. The number of unbranched alkanes of at least 4 members (excludes halogenated alkanes) is 23. The number of carbonyl (C=O) groups excluding carboxylic acids is 2. The fraction of sp³-hybridized carbons (Fsp3) is 0.826. The normalized spacial score (nSPS) is 19.7. The Kier molecular flexibility index (Phi) is 32.2. The smallest absolute Gasteiger partial charge is 0.462 e. The van der Waals surface area contributed by atoms with Crippen molar-refractivity contribution in [3.63, 3.8) is 0 Å². The van der Waals surface area contributed by atoms with Crippen molar-refractivity contribution in [3.8, 4) is 0 Å². The van der Waals surface area contributed by atoms with E-state index < -0.39 is 83.7 Å². The predicted octanol–water partition coefficient (Wildman–Crippen LogP) is 9.67. The molecular formula is C46H83N3O15P2. The summed E-state index contributed by atoms with van der Waals surface area (Å²) in [6, 6.07) is 1.25. The van der Waals surface area contributed by atoms with Crippen molar-refractivity contribution < 1.29 is 66.3 Å². The topological polar surface area (TPSA) is 265 Å². The molecule has 3 unspecified atom stereocenters. The van der Waals surface area contributed by atoms with Crippen LogP contribution in [0.3, 0.4) is 0 Å². The molecule has 1 saturated heterocycles. The largest absolute Gasteiger partial charge is 0.481 e. The number of rotatable bonds is 41. The summed E-state index contributed by atoms with van der Waals surface area (Å²) in [5.74, 6) is -1.29. The highest BCUT2D eigenvalue weighted by Crippen LogP contribution is 2.60. The predicted molar refractivity (Wildman–Crippen MR) is 252 cm³/mol. The highest BCUT2D eigenvalue weighted by Gasteiger charge is 2.46. The molecule has 18 nitrogen and oxygen atoms in total. The SMILES string of the molecule is CCCCCCCC/C=C\CCCCCCCC(=O)O[C@H](COC(=O)CCCCCCCCCCCCCCC)COP(=O)(O)OP(=O)(O)OC[C@H]1O[C@@H](n2ccc(N)nc2=O)C(O)[C@H]1O. The van der Waals surface area contributed by atoms with Crippen LogP contribution in [0.25, 0.3) is 0 Å². The maximum atomic E-state index is 12.8. The number of aromatic nitrogens is 2. The number of esters is 2. The van der Waals surface area contributed by atoms with Gasteiger partial charge in [-0.3, -0.25) is 23.2 Å². The van der Waals surface area contributed by atoms with Crippen molar-refractivity contribution in [2.75, 3.05) is 25.6 Å². The summed E-state index contributed by atoms with van der Waals surface area (Å²) in [6.45, 7) is 2.15. The summed E-state index contributed by atoms with van der Waals surface area (Å²) in [4.78, 5) is 61.8. The van der Waals surface area contributed by atoms with Crippen molar-refractivity contribution in [2.24, 2.45) is 0 Å². The Bertz CT molecular complexity index is 1650. The molecule has 2 heterocycles. The first-order valence-corrected chi connectivity index (χ1v) is 27.7. The minimum absolute atomic E-state index is 0.0443. The number of phosphoric ester groups is 2. The van der Waals surface area contributed by atoms with Gasteiger partial charge in [-0.2, -0.15) is 9.29 Å². The van der Waals surface area contributed by atoms with Crippen LogP contribution in [-0.4, -0.2) is 85.7 Å². The summed E-state index contributed by atoms with van der Waals surface area (Å²) in [6.07, 6.45) is 27.2. The van der Waals surface area contributed by atoms with Crippen LogP contribution < -0.4 is 11.4 Å². The maximum Gasteiger partial charge on any atom is 0.481 e. The van der Waals surface area contributed by atoms with Crippen LogP contribution in [0.5, 0.6) is 0 Å². The van der Waals surface area contributed by atoms with E-state index in [-0.39, 0.29) is 18.7 Å². The first kappa shape index (κ1) is 59.6. The molecular weight excluding hydrogens is 896 g/mol. The van der Waals surface area contributed by atoms with E-state index in [2.05, 4.69) is 35.3 Å².